The van der Waals surface area contributed by atoms with Gasteiger partial charge in [0.2, 0.25) is 0 Å². The molecule has 1 aromatic carbocycles. The van der Waals surface area contributed by atoms with E-state index in [9.17, 15) is 14.5 Å². The third-order valence-corrected chi connectivity index (χ3v) is 4.32. The van der Waals surface area contributed by atoms with E-state index in [1.54, 1.807) is 18.2 Å². The number of amides is 2. The minimum Gasteiger partial charge on any atom is -0.457 e. The molecule has 0 bridgehead atoms. The van der Waals surface area contributed by atoms with E-state index in [1.807, 2.05) is 19.9 Å². The zero-order valence-corrected chi connectivity index (χ0v) is 15.2. The molecule has 1 aliphatic rings. The largest absolute Gasteiger partial charge is 0.457 e. The third-order valence-electron chi connectivity index (χ3n) is 4.12. The van der Waals surface area contributed by atoms with E-state index in [4.69, 9.17) is 16.6 Å². The minimum absolute atomic E-state index is 0.0262. The normalized spacial score (nSPS) is 14.1. The SMILES string of the molecule is Cc1cc(-c2ccc(C=C3C(=O)NC(=S)NC3=O)o2)cc([N+](C)=O)c1C. The van der Waals surface area contributed by atoms with E-state index < -0.39 is 11.8 Å². The van der Waals surface area contributed by atoms with Gasteiger partial charge in [-0.15, -0.1) is 0 Å². The lowest BCUT2D eigenvalue weighted by Gasteiger charge is -2.15. The number of hydrogen-bond donors (Lipinski definition) is 2. The molecule has 2 heterocycles. The summed E-state index contributed by atoms with van der Waals surface area (Å²) in [4.78, 5) is 35.5. The molecule has 0 saturated carbocycles. The van der Waals surface area contributed by atoms with Gasteiger partial charge in [0.15, 0.2) is 12.2 Å². The first-order valence-corrected chi connectivity index (χ1v) is 8.17. The van der Waals surface area contributed by atoms with E-state index in [2.05, 4.69) is 10.6 Å². The molecule has 26 heavy (non-hydrogen) atoms. The molecule has 0 aliphatic carbocycles. The van der Waals surface area contributed by atoms with Gasteiger partial charge in [0, 0.05) is 26.9 Å². The molecule has 0 atom stereocenters. The van der Waals surface area contributed by atoms with Crippen LogP contribution in [0.4, 0.5) is 5.69 Å². The lowest BCUT2D eigenvalue weighted by Crippen LogP contribution is -2.51. The number of nitrogens with one attached hydrogen (secondary N) is 2. The number of furan rings is 1. The number of nitroso groups, excluding NO2 is 1. The molecule has 0 unspecified atom stereocenters. The molecule has 1 fully saturated rings. The van der Waals surface area contributed by atoms with Crippen LogP contribution in [-0.2, 0) is 9.59 Å². The van der Waals surface area contributed by atoms with Crippen LogP contribution in [0.5, 0.6) is 0 Å². The molecule has 132 valence electrons. The zero-order chi connectivity index (χ0) is 19.0. The second-order valence-corrected chi connectivity index (χ2v) is 6.34. The van der Waals surface area contributed by atoms with Gasteiger partial charge in [-0.1, -0.05) is 0 Å². The highest BCUT2D eigenvalue weighted by Gasteiger charge is 2.26. The van der Waals surface area contributed by atoms with Crippen molar-refractivity contribution < 1.29 is 18.8 Å². The fourth-order valence-corrected chi connectivity index (χ4v) is 2.83. The number of benzene rings is 1. The van der Waals surface area contributed by atoms with Crippen LogP contribution in [0.25, 0.3) is 17.4 Å². The summed E-state index contributed by atoms with van der Waals surface area (Å²) < 4.78 is 6.54. The van der Waals surface area contributed by atoms with E-state index in [-0.39, 0.29) is 10.7 Å². The summed E-state index contributed by atoms with van der Waals surface area (Å²) >= 11 is 4.76. The van der Waals surface area contributed by atoms with Gasteiger partial charge in [0.05, 0.1) is 0 Å². The van der Waals surface area contributed by atoms with Crippen LogP contribution in [0.2, 0.25) is 0 Å². The first kappa shape index (κ1) is 17.7. The Kier molecular flexibility index (Phi) is 4.52. The fourth-order valence-electron chi connectivity index (χ4n) is 2.64. The predicted octanol–water partition coefficient (Wildman–Crippen LogP) is 2.52. The summed E-state index contributed by atoms with van der Waals surface area (Å²) in [6.45, 7) is 3.79. The van der Waals surface area contributed by atoms with E-state index in [0.29, 0.717) is 17.2 Å². The van der Waals surface area contributed by atoms with Crippen LogP contribution in [0.1, 0.15) is 16.9 Å². The lowest BCUT2D eigenvalue weighted by atomic mass is 10.0. The molecule has 3 rings (SSSR count). The van der Waals surface area contributed by atoms with Crippen LogP contribution in [0.15, 0.2) is 34.3 Å². The number of aryl methyl sites for hydroxylation is 1. The first-order valence-electron chi connectivity index (χ1n) is 7.77. The maximum atomic E-state index is 11.9. The summed E-state index contributed by atoms with van der Waals surface area (Å²) in [6.07, 6.45) is 1.34. The highest BCUT2D eigenvalue weighted by atomic mass is 32.1. The number of hydrogen-bond acceptors (Lipinski definition) is 5. The van der Waals surface area contributed by atoms with Gasteiger partial charge in [-0.05, 0) is 55.9 Å². The number of carbonyl (C=O) groups excluding carboxylic acids is 2. The standard InChI is InChI=1S/C18H15N3O4S/c1-9-6-11(7-14(10(9)2)21(3)24)15-5-4-12(25-15)8-13-16(22)19-18(26)20-17(13)23/h4-8H,1-3H3,(H-,19,20,22,23,26)/p+1. The van der Waals surface area contributed by atoms with Crippen molar-refractivity contribution in [3.8, 4) is 11.3 Å². The van der Waals surface area contributed by atoms with Crippen LogP contribution in [0, 0.1) is 18.8 Å². The Balaban J connectivity index is 1.97. The highest BCUT2D eigenvalue weighted by Crippen LogP contribution is 2.31. The molecule has 2 amide bonds. The Morgan fingerprint density at radius 1 is 1.12 bits per heavy atom. The van der Waals surface area contributed by atoms with Crippen LogP contribution in [-0.4, -0.2) is 28.7 Å². The Labute approximate surface area is 154 Å². The van der Waals surface area contributed by atoms with Gasteiger partial charge in [-0.3, -0.25) is 20.2 Å². The van der Waals surface area contributed by atoms with Crippen molar-refractivity contribution in [2.45, 2.75) is 13.8 Å². The molecule has 8 heteroatoms. The molecular formula is C18H16N3O4S+. The third kappa shape index (κ3) is 3.31. The maximum absolute atomic E-state index is 11.9. The van der Waals surface area contributed by atoms with E-state index in [0.717, 1.165) is 21.5 Å². The summed E-state index contributed by atoms with van der Waals surface area (Å²) in [6, 6.07) is 7.01. The van der Waals surface area contributed by atoms with Gasteiger partial charge < -0.3 is 4.42 Å². The maximum Gasteiger partial charge on any atom is 0.263 e. The van der Waals surface area contributed by atoms with Crippen molar-refractivity contribution in [3.63, 3.8) is 0 Å². The fraction of sp³-hybridized carbons (Fsp3) is 0.167. The minimum atomic E-state index is -0.585. The van der Waals surface area contributed by atoms with Crippen molar-refractivity contribution in [1.82, 2.24) is 10.6 Å². The summed E-state index contributed by atoms with van der Waals surface area (Å²) in [5.74, 6) is -0.310. The second-order valence-electron chi connectivity index (χ2n) is 5.93. The molecule has 1 aromatic heterocycles. The Bertz CT molecular complexity index is 982. The smallest absolute Gasteiger partial charge is 0.263 e. The van der Waals surface area contributed by atoms with Crippen LogP contribution < -0.4 is 10.6 Å². The van der Waals surface area contributed by atoms with Crippen molar-refractivity contribution in [1.29, 1.82) is 0 Å². The van der Waals surface area contributed by atoms with Crippen molar-refractivity contribution in [3.05, 3.63) is 51.6 Å². The number of thiocarbonyl (C=S) groups is 1. The molecule has 2 aromatic rings. The Morgan fingerprint density at radius 2 is 1.77 bits per heavy atom. The predicted molar refractivity (Wildman–Crippen MR) is 99.7 cm³/mol. The van der Waals surface area contributed by atoms with E-state index in [1.165, 1.54) is 13.1 Å². The topological polar surface area (TPSA) is 91.4 Å². The number of carbonyl (C=O) groups is 2. The molecular weight excluding hydrogens is 354 g/mol. The van der Waals surface area contributed by atoms with Gasteiger partial charge in [0.25, 0.3) is 17.5 Å². The van der Waals surface area contributed by atoms with Gasteiger partial charge in [0.1, 0.15) is 17.1 Å². The van der Waals surface area contributed by atoms with Crippen molar-refractivity contribution in [2.24, 2.45) is 0 Å². The second kappa shape index (κ2) is 6.64. The monoisotopic (exact) mass is 370 g/mol. The van der Waals surface area contributed by atoms with E-state index >= 15 is 0 Å². The van der Waals surface area contributed by atoms with Crippen molar-refractivity contribution in [2.75, 3.05) is 7.05 Å². The quantitative estimate of drug-likeness (QED) is 0.375. The zero-order valence-electron chi connectivity index (χ0n) is 14.4. The van der Waals surface area contributed by atoms with Crippen molar-refractivity contribution >= 4 is 40.9 Å². The first-order chi connectivity index (χ1) is 12.3. The number of rotatable bonds is 3. The Morgan fingerprint density at radius 3 is 2.38 bits per heavy atom. The average molecular weight is 370 g/mol. The molecule has 0 radical (unpaired) electrons. The number of nitrogens with zero attached hydrogens (tertiary/aromatic N) is 1. The summed E-state index contributed by atoms with van der Waals surface area (Å²) in [5, 5.41) is 4.70. The molecule has 2 N–H and O–H groups in total. The van der Waals surface area contributed by atoms with Gasteiger partial charge in [-0.25, -0.2) is 0 Å². The molecule has 0 spiro atoms. The van der Waals surface area contributed by atoms with Crippen LogP contribution in [0.3, 0.4) is 0 Å². The average Bonchev–Trinajstić information content (AvgIpc) is 3.01. The van der Waals surface area contributed by atoms with Gasteiger partial charge in [-0.2, -0.15) is 0 Å². The lowest BCUT2D eigenvalue weighted by molar-refractivity contribution is -0.428. The molecule has 1 aliphatic heterocycles. The van der Waals surface area contributed by atoms with Gasteiger partial charge >= 0.3 is 0 Å². The molecule has 7 nitrogen and oxygen atoms in total. The Hall–Kier alpha value is -3.13. The van der Waals surface area contributed by atoms with Crippen LogP contribution >= 0.6 is 12.2 Å². The summed E-state index contributed by atoms with van der Waals surface area (Å²) in [5.41, 5.74) is 3.03. The highest BCUT2D eigenvalue weighted by molar-refractivity contribution is 7.80. The summed E-state index contributed by atoms with van der Waals surface area (Å²) in [7, 11) is 1.44. The molecule has 1 saturated heterocycles.